The lowest BCUT2D eigenvalue weighted by Gasteiger charge is -2.34. The molecule has 0 aliphatic carbocycles. The van der Waals surface area contributed by atoms with E-state index in [0.717, 1.165) is 50.4 Å². The average Bonchev–Trinajstić information content (AvgIpc) is 3.22. The predicted molar refractivity (Wildman–Crippen MR) is 122 cm³/mol. The second kappa shape index (κ2) is 9.11. The summed E-state index contributed by atoms with van der Waals surface area (Å²) in [6.07, 6.45) is 0.754. The van der Waals surface area contributed by atoms with E-state index in [1.807, 2.05) is 18.2 Å². The third-order valence-corrected chi connectivity index (χ3v) is 6.34. The molecule has 0 radical (unpaired) electrons. The number of likely N-dealkylation sites (N-methyl/N-ethyl adjacent to an activating group) is 1. The van der Waals surface area contributed by atoms with Crippen molar-refractivity contribution in [3.05, 3.63) is 70.8 Å². The number of hydrogen-bond acceptors (Lipinski definition) is 4. The molecule has 4 rings (SSSR count). The molecule has 5 nitrogen and oxygen atoms in total. The molecule has 1 amide bonds. The van der Waals surface area contributed by atoms with Crippen LogP contribution in [-0.4, -0.2) is 65.7 Å². The third-order valence-electron chi connectivity index (χ3n) is 6.34. The second-order valence-electron chi connectivity index (χ2n) is 8.44. The van der Waals surface area contributed by atoms with E-state index in [1.165, 1.54) is 16.7 Å². The van der Waals surface area contributed by atoms with Crippen LogP contribution in [0.5, 0.6) is 0 Å². The van der Waals surface area contributed by atoms with Gasteiger partial charge in [-0.1, -0.05) is 61.0 Å². The number of hydrazone groups is 1. The molecular weight excluding hydrogens is 372 g/mol. The van der Waals surface area contributed by atoms with Gasteiger partial charge in [-0.2, -0.15) is 5.10 Å². The summed E-state index contributed by atoms with van der Waals surface area (Å²) in [6.45, 7) is 11.9. The van der Waals surface area contributed by atoms with Crippen molar-refractivity contribution in [2.75, 3.05) is 39.3 Å². The maximum Gasteiger partial charge on any atom is 0.257 e. The molecule has 2 aliphatic rings. The molecular formula is C25H32N4O. The van der Waals surface area contributed by atoms with Crippen molar-refractivity contribution >= 4 is 11.6 Å². The van der Waals surface area contributed by atoms with Gasteiger partial charge in [-0.25, -0.2) is 5.01 Å². The van der Waals surface area contributed by atoms with Crippen LogP contribution in [0.4, 0.5) is 0 Å². The number of carbonyl (C=O) groups is 1. The zero-order valence-corrected chi connectivity index (χ0v) is 18.3. The van der Waals surface area contributed by atoms with Crippen LogP contribution in [0.2, 0.25) is 0 Å². The lowest BCUT2D eigenvalue weighted by Crippen LogP contribution is -2.49. The second-order valence-corrected chi connectivity index (χ2v) is 8.44. The molecule has 0 aromatic heterocycles. The lowest BCUT2D eigenvalue weighted by atomic mass is 9.94. The Hall–Kier alpha value is -2.50. The van der Waals surface area contributed by atoms with E-state index in [1.54, 1.807) is 5.01 Å². The van der Waals surface area contributed by atoms with Gasteiger partial charge in [0.25, 0.3) is 5.91 Å². The molecule has 0 N–H and O–H groups in total. The Labute approximate surface area is 180 Å². The van der Waals surface area contributed by atoms with Crippen molar-refractivity contribution < 1.29 is 4.79 Å². The maximum absolute atomic E-state index is 13.4. The van der Waals surface area contributed by atoms with Gasteiger partial charge < -0.3 is 4.90 Å². The number of nitrogens with zero attached hydrogens (tertiary/aromatic N) is 4. The molecule has 158 valence electrons. The maximum atomic E-state index is 13.4. The van der Waals surface area contributed by atoms with Gasteiger partial charge in [0.2, 0.25) is 0 Å². The van der Waals surface area contributed by atoms with Crippen LogP contribution < -0.4 is 0 Å². The number of benzene rings is 2. The number of hydrogen-bond donors (Lipinski definition) is 0. The first-order valence-corrected chi connectivity index (χ1v) is 11.0. The van der Waals surface area contributed by atoms with E-state index < -0.39 is 0 Å². The van der Waals surface area contributed by atoms with Gasteiger partial charge in [-0.05, 0) is 37.1 Å². The van der Waals surface area contributed by atoms with Crippen LogP contribution in [0, 0.1) is 13.8 Å². The van der Waals surface area contributed by atoms with Crippen molar-refractivity contribution in [1.29, 1.82) is 0 Å². The molecule has 0 spiro atoms. The number of carbonyl (C=O) groups excluding carboxylic acids is 1. The summed E-state index contributed by atoms with van der Waals surface area (Å²) in [6, 6.07) is 16.7. The summed E-state index contributed by atoms with van der Waals surface area (Å²) in [5.41, 5.74) is 5.72. The lowest BCUT2D eigenvalue weighted by molar-refractivity contribution is -0.134. The van der Waals surface area contributed by atoms with E-state index in [-0.39, 0.29) is 11.9 Å². The Kier molecular flexibility index (Phi) is 6.30. The minimum Gasteiger partial charge on any atom is -0.301 e. The monoisotopic (exact) mass is 404 g/mol. The van der Waals surface area contributed by atoms with Crippen LogP contribution in [0.1, 0.15) is 41.6 Å². The first-order chi connectivity index (χ1) is 14.5. The molecule has 0 bridgehead atoms. The van der Waals surface area contributed by atoms with Crippen molar-refractivity contribution in [2.45, 2.75) is 33.2 Å². The van der Waals surface area contributed by atoms with Gasteiger partial charge in [-0.3, -0.25) is 9.69 Å². The molecule has 30 heavy (non-hydrogen) atoms. The number of amides is 1. The van der Waals surface area contributed by atoms with Crippen LogP contribution in [0.3, 0.4) is 0 Å². The normalized spacial score (nSPS) is 20.4. The average molecular weight is 405 g/mol. The van der Waals surface area contributed by atoms with Crippen LogP contribution in [0.25, 0.3) is 0 Å². The molecule has 2 aliphatic heterocycles. The topological polar surface area (TPSA) is 39.1 Å². The standard InChI is InChI=1S/C25H32N4O/c1-4-27-12-14-28(15-13-27)18-25(30)29-24(22-16-19(2)10-11-20(22)3)17-23(26-29)21-8-6-5-7-9-21/h5-11,16,24H,4,12-15,17-18H2,1-3H3/t24-/m1/s1. The zero-order chi connectivity index (χ0) is 21.1. The van der Waals surface area contributed by atoms with Gasteiger partial charge >= 0.3 is 0 Å². The molecule has 2 aromatic rings. The SMILES string of the molecule is CCN1CCN(CC(=O)N2N=C(c3ccccc3)C[C@@H]2c2cc(C)ccc2C)CC1. The summed E-state index contributed by atoms with van der Waals surface area (Å²) < 4.78 is 0. The quantitative estimate of drug-likeness (QED) is 0.764. The molecule has 2 heterocycles. The molecule has 1 atom stereocenters. The summed E-state index contributed by atoms with van der Waals surface area (Å²) in [5, 5.41) is 6.61. The van der Waals surface area contributed by atoms with Gasteiger partial charge in [0.05, 0.1) is 18.3 Å². The Balaban J connectivity index is 1.58. The van der Waals surface area contributed by atoms with Crippen molar-refractivity contribution in [3.8, 4) is 0 Å². The van der Waals surface area contributed by atoms with Crippen LogP contribution in [-0.2, 0) is 4.79 Å². The fourth-order valence-corrected chi connectivity index (χ4v) is 4.43. The minimum absolute atomic E-state index is 0.0375. The first kappa shape index (κ1) is 20.8. The summed E-state index contributed by atoms with van der Waals surface area (Å²) >= 11 is 0. The van der Waals surface area contributed by atoms with Gasteiger partial charge in [0.1, 0.15) is 0 Å². The molecule has 2 aromatic carbocycles. The largest absolute Gasteiger partial charge is 0.301 e. The summed E-state index contributed by atoms with van der Waals surface area (Å²) in [4.78, 5) is 18.1. The highest BCUT2D eigenvalue weighted by Crippen LogP contribution is 2.35. The Morgan fingerprint density at radius 1 is 1.00 bits per heavy atom. The van der Waals surface area contributed by atoms with Crippen molar-refractivity contribution in [2.24, 2.45) is 5.10 Å². The minimum atomic E-state index is -0.0375. The van der Waals surface area contributed by atoms with E-state index in [0.29, 0.717) is 6.54 Å². The molecule has 5 heteroatoms. The smallest absolute Gasteiger partial charge is 0.257 e. The Bertz CT molecular complexity index is 916. The van der Waals surface area contributed by atoms with Crippen molar-refractivity contribution in [3.63, 3.8) is 0 Å². The highest BCUT2D eigenvalue weighted by atomic mass is 16.2. The highest BCUT2D eigenvalue weighted by molar-refractivity contribution is 6.03. The van der Waals surface area contributed by atoms with Gasteiger partial charge in [0, 0.05) is 32.6 Å². The van der Waals surface area contributed by atoms with E-state index in [4.69, 9.17) is 5.10 Å². The summed E-state index contributed by atoms with van der Waals surface area (Å²) in [7, 11) is 0. The van der Waals surface area contributed by atoms with Crippen LogP contribution >= 0.6 is 0 Å². The Morgan fingerprint density at radius 3 is 2.40 bits per heavy atom. The molecule has 0 saturated carbocycles. The first-order valence-electron chi connectivity index (χ1n) is 11.0. The molecule has 1 fully saturated rings. The van der Waals surface area contributed by atoms with Gasteiger partial charge in [-0.15, -0.1) is 0 Å². The van der Waals surface area contributed by atoms with E-state index in [2.05, 4.69) is 60.9 Å². The summed E-state index contributed by atoms with van der Waals surface area (Å²) in [5.74, 6) is 0.0942. The third kappa shape index (κ3) is 4.47. The van der Waals surface area contributed by atoms with E-state index >= 15 is 0 Å². The fraction of sp³-hybridized carbons (Fsp3) is 0.440. The fourth-order valence-electron chi connectivity index (χ4n) is 4.43. The highest BCUT2D eigenvalue weighted by Gasteiger charge is 2.34. The van der Waals surface area contributed by atoms with Crippen LogP contribution in [0.15, 0.2) is 53.6 Å². The van der Waals surface area contributed by atoms with E-state index in [9.17, 15) is 4.79 Å². The molecule has 1 saturated heterocycles. The van der Waals surface area contributed by atoms with Crippen molar-refractivity contribution in [1.82, 2.24) is 14.8 Å². The predicted octanol–water partition coefficient (Wildman–Crippen LogP) is 3.62. The van der Waals surface area contributed by atoms with Gasteiger partial charge in [0.15, 0.2) is 0 Å². The zero-order valence-electron chi connectivity index (χ0n) is 18.3. The Morgan fingerprint density at radius 2 is 1.70 bits per heavy atom. The molecule has 0 unspecified atom stereocenters. The number of rotatable bonds is 5. The number of aryl methyl sites for hydroxylation is 2. The number of piperazine rings is 1.